The van der Waals surface area contributed by atoms with Crippen molar-refractivity contribution < 1.29 is 27.6 Å². The number of halogens is 4. The van der Waals surface area contributed by atoms with Gasteiger partial charge in [0.2, 0.25) is 0 Å². The minimum Gasteiger partial charge on any atom is -0.487 e. The molecule has 1 amide bonds. The highest BCUT2D eigenvalue weighted by Crippen LogP contribution is 2.34. The average Bonchev–Trinajstić information content (AvgIpc) is 2.56. The fourth-order valence-corrected chi connectivity index (χ4v) is 2.24. The summed E-state index contributed by atoms with van der Waals surface area (Å²) in [4.78, 5) is 22.6. The number of nitro benzene ring substituents is 1. The van der Waals surface area contributed by atoms with Crippen LogP contribution in [0.4, 0.5) is 24.5 Å². The zero-order valence-electron chi connectivity index (χ0n) is 13.3. The van der Waals surface area contributed by atoms with Crippen LogP contribution in [0.1, 0.15) is 22.8 Å². The molecule has 2 aromatic rings. The highest BCUT2D eigenvalue weighted by Gasteiger charge is 2.31. The number of benzene rings is 2. The maximum atomic E-state index is 12.8. The normalized spacial score (nSPS) is 11.1. The molecule has 138 valence electrons. The molecule has 0 heterocycles. The summed E-state index contributed by atoms with van der Waals surface area (Å²) in [5.41, 5.74) is -1.82. The molecule has 0 aliphatic carbocycles. The van der Waals surface area contributed by atoms with Crippen LogP contribution in [0.3, 0.4) is 0 Å². The molecular formula is C16H12ClF3N2O4. The molecule has 0 radical (unpaired) electrons. The van der Waals surface area contributed by atoms with E-state index in [-0.39, 0.29) is 28.6 Å². The quantitative estimate of drug-likeness (QED) is 0.582. The second kappa shape index (κ2) is 7.61. The molecule has 0 saturated heterocycles. The van der Waals surface area contributed by atoms with Crippen molar-refractivity contribution in [3.05, 3.63) is 62.7 Å². The van der Waals surface area contributed by atoms with Gasteiger partial charge in [0.25, 0.3) is 5.91 Å². The largest absolute Gasteiger partial charge is 0.487 e. The fourth-order valence-electron chi connectivity index (χ4n) is 2.07. The van der Waals surface area contributed by atoms with E-state index in [9.17, 15) is 28.1 Å². The topological polar surface area (TPSA) is 81.5 Å². The molecule has 0 bridgehead atoms. The number of anilines is 1. The second-order valence-electron chi connectivity index (χ2n) is 5.02. The van der Waals surface area contributed by atoms with Crippen LogP contribution >= 0.6 is 11.6 Å². The number of nitrogens with zero attached hydrogens (tertiary/aromatic N) is 1. The van der Waals surface area contributed by atoms with E-state index >= 15 is 0 Å². The molecule has 0 atom stereocenters. The van der Waals surface area contributed by atoms with Crippen LogP contribution in [0, 0.1) is 10.1 Å². The molecule has 6 nitrogen and oxygen atoms in total. The monoisotopic (exact) mass is 388 g/mol. The maximum Gasteiger partial charge on any atom is 0.416 e. The summed E-state index contributed by atoms with van der Waals surface area (Å²) in [5, 5.41) is 13.2. The Kier molecular flexibility index (Phi) is 5.71. The number of amides is 1. The first-order valence-corrected chi connectivity index (χ1v) is 7.60. The van der Waals surface area contributed by atoms with Crippen molar-refractivity contribution >= 4 is 28.9 Å². The third kappa shape index (κ3) is 4.42. The van der Waals surface area contributed by atoms with Crippen LogP contribution in [0.5, 0.6) is 5.75 Å². The zero-order chi connectivity index (χ0) is 19.5. The van der Waals surface area contributed by atoms with Crippen LogP contribution in [0.25, 0.3) is 0 Å². The first-order chi connectivity index (χ1) is 12.1. The Balaban J connectivity index is 2.33. The van der Waals surface area contributed by atoms with Gasteiger partial charge in [0, 0.05) is 11.6 Å². The highest BCUT2D eigenvalue weighted by molar-refractivity contribution is 6.34. The van der Waals surface area contributed by atoms with E-state index in [0.717, 1.165) is 18.2 Å². The van der Waals surface area contributed by atoms with Gasteiger partial charge in [-0.2, -0.15) is 13.2 Å². The number of rotatable bonds is 5. The molecule has 0 aliphatic rings. The van der Waals surface area contributed by atoms with Gasteiger partial charge in [-0.1, -0.05) is 11.6 Å². The number of nitrogens with one attached hydrogen (secondary N) is 1. The molecular weight excluding hydrogens is 377 g/mol. The Hall–Kier alpha value is -2.81. The molecule has 1 N–H and O–H groups in total. The molecule has 0 aliphatic heterocycles. The minimum atomic E-state index is -4.61. The van der Waals surface area contributed by atoms with Gasteiger partial charge in [-0.25, -0.2) is 0 Å². The number of ether oxygens (including phenoxy) is 1. The lowest BCUT2D eigenvalue weighted by molar-refractivity contribution is -0.385. The lowest BCUT2D eigenvalue weighted by Gasteiger charge is -2.12. The Morgan fingerprint density at radius 2 is 1.96 bits per heavy atom. The van der Waals surface area contributed by atoms with E-state index in [1.165, 1.54) is 12.1 Å². The van der Waals surface area contributed by atoms with Gasteiger partial charge in [0.15, 0.2) is 5.75 Å². The average molecular weight is 389 g/mol. The summed E-state index contributed by atoms with van der Waals surface area (Å²) in [5.74, 6) is -0.872. The first-order valence-electron chi connectivity index (χ1n) is 7.22. The Bertz CT molecular complexity index is 856. The third-order valence-electron chi connectivity index (χ3n) is 3.26. The van der Waals surface area contributed by atoms with E-state index in [4.69, 9.17) is 16.3 Å². The predicted octanol–water partition coefficient (Wildman–Crippen LogP) is 4.92. The molecule has 2 aromatic carbocycles. The minimum absolute atomic E-state index is 0.0221. The molecule has 0 saturated carbocycles. The first kappa shape index (κ1) is 19.5. The third-order valence-corrected chi connectivity index (χ3v) is 3.59. The summed E-state index contributed by atoms with van der Waals surface area (Å²) in [7, 11) is 0. The molecule has 10 heteroatoms. The number of carbonyl (C=O) groups is 1. The summed E-state index contributed by atoms with van der Waals surface area (Å²) in [6.07, 6.45) is -4.61. The number of alkyl halides is 3. The van der Waals surface area contributed by atoms with Gasteiger partial charge in [-0.3, -0.25) is 14.9 Å². The summed E-state index contributed by atoms with van der Waals surface area (Å²) in [6, 6.07) is 5.94. The molecule has 0 spiro atoms. The van der Waals surface area contributed by atoms with Gasteiger partial charge >= 0.3 is 11.9 Å². The van der Waals surface area contributed by atoms with Gasteiger partial charge in [0.05, 0.1) is 27.8 Å². The Morgan fingerprint density at radius 3 is 2.54 bits per heavy atom. The van der Waals surface area contributed by atoms with Crippen molar-refractivity contribution in [3.8, 4) is 5.75 Å². The molecule has 0 fully saturated rings. The van der Waals surface area contributed by atoms with Gasteiger partial charge in [-0.15, -0.1) is 0 Å². The SMILES string of the molecule is CCOc1ccc(C(=O)Nc2cc(C(F)(F)F)ccc2Cl)cc1[N+](=O)[O-]. The molecule has 26 heavy (non-hydrogen) atoms. The van der Waals surface area contributed by atoms with Crippen molar-refractivity contribution in [1.29, 1.82) is 0 Å². The second-order valence-corrected chi connectivity index (χ2v) is 5.43. The molecule has 0 unspecified atom stereocenters. The van der Waals surface area contributed by atoms with Crippen LogP contribution < -0.4 is 10.1 Å². The predicted molar refractivity (Wildman–Crippen MR) is 88.7 cm³/mol. The van der Waals surface area contributed by atoms with Crippen molar-refractivity contribution in [3.63, 3.8) is 0 Å². The standard InChI is InChI=1S/C16H12ClF3N2O4/c1-2-26-14-6-3-9(7-13(14)22(24)25)15(23)21-12-8-10(16(18,19)20)4-5-11(12)17/h3-8H,2H2,1H3,(H,21,23). The summed E-state index contributed by atoms with van der Waals surface area (Å²) in [6.45, 7) is 1.83. The number of nitro groups is 1. The van der Waals surface area contributed by atoms with E-state index < -0.39 is 28.3 Å². The van der Waals surface area contributed by atoms with E-state index in [1.807, 2.05) is 0 Å². The smallest absolute Gasteiger partial charge is 0.416 e. The maximum absolute atomic E-state index is 12.8. The van der Waals surface area contributed by atoms with E-state index in [1.54, 1.807) is 6.92 Å². The molecule has 2 rings (SSSR count). The van der Waals surface area contributed by atoms with Crippen LogP contribution in [0.2, 0.25) is 5.02 Å². The lowest BCUT2D eigenvalue weighted by atomic mass is 10.1. The van der Waals surface area contributed by atoms with Crippen molar-refractivity contribution in [1.82, 2.24) is 0 Å². The number of carbonyl (C=O) groups excluding carboxylic acids is 1. The Morgan fingerprint density at radius 1 is 1.27 bits per heavy atom. The summed E-state index contributed by atoms with van der Waals surface area (Å²) < 4.78 is 43.4. The Labute approximate surface area is 150 Å². The van der Waals surface area contributed by atoms with Crippen molar-refractivity contribution in [2.45, 2.75) is 13.1 Å². The molecule has 0 aromatic heterocycles. The van der Waals surface area contributed by atoms with E-state index in [2.05, 4.69) is 5.32 Å². The van der Waals surface area contributed by atoms with Crippen LogP contribution in [-0.4, -0.2) is 17.4 Å². The van der Waals surface area contributed by atoms with Crippen molar-refractivity contribution in [2.75, 3.05) is 11.9 Å². The fraction of sp³-hybridized carbons (Fsp3) is 0.188. The highest BCUT2D eigenvalue weighted by atomic mass is 35.5. The summed E-state index contributed by atoms with van der Waals surface area (Å²) >= 11 is 5.82. The lowest BCUT2D eigenvalue weighted by Crippen LogP contribution is -2.14. The van der Waals surface area contributed by atoms with Crippen LogP contribution in [0.15, 0.2) is 36.4 Å². The van der Waals surface area contributed by atoms with E-state index in [0.29, 0.717) is 6.07 Å². The number of hydrogen-bond acceptors (Lipinski definition) is 4. The zero-order valence-corrected chi connectivity index (χ0v) is 14.0. The van der Waals surface area contributed by atoms with Gasteiger partial charge in [0.1, 0.15) is 0 Å². The number of hydrogen-bond donors (Lipinski definition) is 1. The van der Waals surface area contributed by atoms with Gasteiger partial charge in [-0.05, 0) is 37.3 Å². The van der Waals surface area contributed by atoms with Crippen molar-refractivity contribution in [2.24, 2.45) is 0 Å². The van der Waals surface area contributed by atoms with Gasteiger partial charge < -0.3 is 10.1 Å². The van der Waals surface area contributed by atoms with Crippen LogP contribution in [-0.2, 0) is 6.18 Å².